The summed E-state index contributed by atoms with van der Waals surface area (Å²) in [5, 5.41) is 3.97. The van der Waals surface area contributed by atoms with Crippen LogP contribution in [0.4, 0.5) is 0 Å². The van der Waals surface area contributed by atoms with E-state index in [0.29, 0.717) is 30.6 Å². The van der Waals surface area contributed by atoms with Gasteiger partial charge in [-0.15, -0.1) is 0 Å². The van der Waals surface area contributed by atoms with Gasteiger partial charge in [0.1, 0.15) is 0 Å². The SMILES string of the molecule is CC1CCC(N(C)C(=O)CCc2nc(-c3ccncc3)no2)CC1. The first-order valence-electron chi connectivity index (χ1n) is 8.62. The number of rotatable bonds is 5. The second-order valence-corrected chi connectivity index (χ2v) is 6.67. The van der Waals surface area contributed by atoms with Gasteiger partial charge >= 0.3 is 0 Å². The van der Waals surface area contributed by atoms with Gasteiger partial charge in [0, 0.05) is 43.9 Å². The van der Waals surface area contributed by atoms with Gasteiger partial charge in [-0.2, -0.15) is 4.98 Å². The summed E-state index contributed by atoms with van der Waals surface area (Å²) in [5.74, 6) is 1.98. The highest BCUT2D eigenvalue weighted by Crippen LogP contribution is 2.26. The van der Waals surface area contributed by atoms with Gasteiger partial charge < -0.3 is 9.42 Å². The molecular weight excluding hydrogens is 304 g/mol. The summed E-state index contributed by atoms with van der Waals surface area (Å²) < 4.78 is 5.26. The van der Waals surface area contributed by atoms with Gasteiger partial charge in [-0.05, 0) is 43.7 Å². The van der Waals surface area contributed by atoms with E-state index >= 15 is 0 Å². The predicted octanol–water partition coefficient (Wildman–Crippen LogP) is 3.10. The van der Waals surface area contributed by atoms with Crippen LogP contribution in [0.2, 0.25) is 0 Å². The summed E-state index contributed by atoms with van der Waals surface area (Å²) in [6, 6.07) is 4.04. The van der Waals surface area contributed by atoms with Gasteiger partial charge in [0.25, 0.3) is 0 Å². The van der Waals surface area contributed by atoms with Crippen molar-refractivity contribution in [2.45, 2.75) is 51.5 Å². The first-order chi connectivity index (χ1) is 11.6. The van der Waals surface area contributed by atoms with Gasteiger partial charge in [-0.3, -0.25) is 9.78 Å². The van der Waals surface area contributed by atoms with Crippen molar-refractivity contribution in [1.82, 2.24) is 20.0 Å². The molecule has 2 heterocycles. The zero-order valence-electron chi connectivity index (χ0n) is 14.3. The van der Waals surface area contributed by atoms with Crippen LogP contribution in [-0.4, -0.2) is 39.0 Å². The Balaban J connectivity index is 1.52. The minimum Gasteiger partial charge on any atom is -0.343 e. The molecule has 1 aliphatic carbocycles. The van der Waals surface area contributed by atoms with Crippen molar-refractivity contribution in [3.63, 3.8) is 0 Å². The molecule has 0 N–H and O–H groups in total. The standard InChI is InChI=1S/C18H24N4O2/c1-13-3-5-15(6-4-13)22(2)17(23)8-7-16-20-18(21-24-16)14-9-11-19-12-10-14/h9-13,15H,3-8H2,1-2H3. The van der Waals surface area contributed by atoms with Crippen LogP contribution in [0.1, 0.15) is 44.9 Å². The monoisotopic (exact) mass is 328 g/mol. The van der Waals surface area contributed by atoms with Crippen LogP contribution >= 0.6 is 0 Å². The van der Waals surface area contributed by atoms with Crippen LogP contribution in [0, 0.1) is 5.92 Å². The predicted molar refractivity (Wildman–Crippen MR) is 90.0 cm³/mol. The fourth-order valence-electron chi connectivity index (χ4n) is 3.20. The van der Waals surface area contributed by atoms with Crippen molar-refractivity contribution in [3.8, 4) is 11.4 Å². The Morgan fingerprint density at radius 2 is 1.96 bits per heavy atom. The third-order valence-electron chi connectivity index (χ3n) is 4.89. The second kappa shape index (κ2) is 7.55. The smallest absolute Gasteiger partial charge is 0.227 e. The largest absolute Gasteiger partial charge is 0.343 e. The van der Waals surface area contributed by atoms with E-state index in [0.717, 1.165) is 24.3 Å². The third kappa shape index (κ3) is 3.99. The highest BCUT2D eigenvalue weighted by molar-refractivity contribution is 5.76. The maximum absolute atomic E-state index is 12.4. The molecule has 0 aromatic carbocycles. The van der Waals surface area contributed by atoms with Crippen molar-refractivity contribution in [3.05, 3.63) is 30.4 Å². The van der Waals surface area contributed by atoms with Crippen LogP contribution in [0.25, 0.3) is 11.4 Å². The number of hydrogen-bond donors (Lipinski definition) is 0. The molecule has 0 bridgehead atoms. The van der Waals surface area contributed by atoms with E-state index in [1.807, 2.05) is 24.1 Å². The van der Waals surface area contributed by atoms with Gasteiger partial charge in [-0.1, -0.05) is 12.1 Å². The fourth-order valence-corrected chi connectivity index (χ4v) is 3.20. The molecule has 6 nitrogen and oxygen atoms in total. The summed E-state index contributed by atoms with van der Waals surface area (Å²) >= 11 is 0. The molecule has 128 valence electrons. The number of nitrogens with zero attached hydrogens (tertiary/aromatic N) is 4. The molecule has 1 aliphatic rings. The highest BCUT2D eigenvalue weighted by atomic mass is 16.5. The van der Waals surface area contributed by atoms with E-state index in [4.69, 9.17) is 4.52 Å². The van der Waals surface area contributed by atoms with Crippen LogP contribution in [0.3, 0.4) is 0 Å². The molecule has 0 aliphatic heterocycles. The molecular formula is C18H24N4O2. The van der Waals surface area contributed by atoms with E-state index in [1.165, 1.54) is 12.8 Å². The summed E-state index contributed by atoms with van der Waals surface area (Å²) in [6.07, 6.45) is 8.89. The Morgan fingerprint density at radius 3 is 2.67 bits per heavy atom. The zero-order valence-corrected chi connectivity index (χ0v) is 14.3. The molecule has 2 aromatic rings. The number of aromatic nitrogens is 3. The second-order valence-electron chi connectivity index (χ2n) is 6.67. The molecule has 0 unspecified atom stereocenters. The number of amides is 1. The lowest BCUT2D eigenvalue weighted by Gasteiger charge is -2.33. The van der Waals surface area contributed by atoms with Crippen molar-refractivity contribution in [1.29, 1.82) is 0 Å². The molecule has 1 amide bonds. The average Bonchev–Trinajstić information content (AvgIpc) is 3.09. The molecule has 0 atom stereocenters. The Labute approximate surface area is 142 Å². The van der Waals surface area contributed by atoms with Crippen LogP contribution in [0.5, 0.6) is 0 Å². The minimum atomic E-state index is 0.151. The lowest BCUT2D eigenvalue weighted by molar-refractivity contribution is -0.132. The number of pyridine rings is 1. The molecule has 1 fully saturated rings. The maximum atomic E-state index is 12.4. The minimum absolute atomic E-state index is 0.151. The molecule has 1 saturated carbocycles. The van der Waals surface area contributed by atoms with Crippen molar-refractivity contribution < 1.29 is 9.32 Å². The summed E-state index contributed by atoms with van der Waals surface area (Å²) in [6.45, 7) is 2.29. The lowest BCUT2D eigenvalue weighted by atomic mass is 9.86. The van der Waals surface area contributed by atoms with E-state index < -0.39 is 0 Å². The van der Waals surface area contributed by atoms with Gasteiger partial charge in [0.15, 0.2) is 0 Å². The number of carbonyl (C=O) groups excluding carboxylic acids is 1. The van der Waals surface area contributed by atoms with Gasteiger partial charge in [-0.25, -0.2) is 0 Å². The molecule has 0 saturated heterocycles. The van der Waals surface area contributed by atoms with Crippen molar-refractivity contribution >= 4 is 5.91 Å². The van der Waals surface area contributed by atoms with Crippen LogP contribution < -0.4 is 0 Å². The Morgan fingerprint density at radius 1 is 1.25 bits per heavy atom. The molecule has 0 spiro atoms. The summed E-state index contributed by atoms with van der Waals surface area (Å²) in [7, 11) is 1.92. The summed E-state index contributed by atoms with van der Waals surface area (Å²) in [4.78, 5) is 22.6. The molecule has 2 aromatic heterocycles. The molecule has 24 heavy (non-hydrogen) atoms. The molecule has 3 rings (SSSR count). The molecule has 0 radical (unpaired) electrons. The van der Waals surface area contributed by atoms with E-state index in [1.54, 1.807) is 12.4 Å². The zero-order chi connectivity index (χ0) is 16.9. The average molecular weight is 328 g/mol. The van der Waals surface area contributed by atoms with E-state index in [-0.39, 0.29) is 5.91 Å². The topological polar surface area (TPSA) is 72.1 Å². The van der Waals surface area contributed by atoms with Gasteiger partial charge in [0.05, 0.1) is 0 Å². The van der Waals surface area contributed by atoms with Crippen molar-refractivity contribution in [2.75, 3.05) is 7.05 Å². The van der Waals surface area contributed by atoms with E-state index in [9.17, 15) is 4.79 Å². The quantitative estimate of drug-likeness (QED) is 0.843. The summed E-state index contributed by atoms with van der Waals surface area (Å²) in [5.41, 5.74) is 0.861. The normalized spacial score (nSPS) is 20.8. The van der Waals surface area contributed by atoms with E-state index in [2.05, 4.69) is 22.0 Å². The maximum Gasteiger partial charge on any atom is 0.227 e. The first kappa shape index (κ1) is 16.6. The molecule has 6 heteroatoms. The number of hydrogen-bond acceptors (Lipinski definition) is 5. The van der Waals surface area contributed by atoms with Crippen LogP contribution in [0.15, 0.2) is 29.0 Å². The Kier molecular flexibility index (Phi) is 5.23. The lowest BCUT2D eigenvalue weighted by Crippen LogP contribution is -2.39. The number of carbonyl (C=O) groups is 1. The van der Waals surface area contributed by atoms with Crippen LogP contribution in [-0.2, 0) is 11.2 Å². The Hall–Kier alpha value is -2.24. The number of aryl methyl sites for hydroxylation is 1. The third-order valence-corrected chi connectivity index (χ3v) is 4.89. The highest BCUT2D eigenvalue weighted by Gasteiger charge is 2.24. The van der Waals surface area contributed by atoms with Gasteiger partial charge in [0.2, 0.25) is 17.6 Å². The Bertz CT molecular complexity index is 663. The fraction of sp³-hybridized carbons (Fsp3) is 0.556. The first-order valence-corrected chi connectivity index (χ1v) is 8.62. The van der Waals surface area contributed by atoms with Crippen molar-refractivity contribution in [2.24, 2.45) is 5.92 Å².